The minimum Gasteiger partial charge on any atom is -0.351 e. The van der Waals surface area contributed by atoms with Crippen molar-refractivity contribution in [3.8, 4) is 0 Å². The predicted octanol–water partition coefficient (Wildman–Crippen LogP) is 4.37. The lowest BCUT2D eigenvalue weighted by atomic mass is 9.80. The summed E-state index contributed by atoms with van der Waals surface area (Å²) in [5, 5.41) is 7.81. The van der Waals surface area contributed by atoms with Gasteiger partial charge in [-0.05, 0) is 63.4 Å². The normalized spacial score (nSPS) is 29.0. The summed E-state index contributed by atoms with van der Waals surface area (Å²) in [5.74, 6) is 1.71. The predicted molar refractivity (Wildman–Crippen MR) is 151 cm³/mol. The molecule has 0 radical (unpaired) electrons. The summed E-state index contributed by atoms with van der Waals surface area (Å²) in [4.78, 5) is 27.9. The Labute approximate surface area is 226 Å². The molecule has 206 valence electrons. The first-order valence-corrected chi connectivity index (χ1v) is 15.6. The highest BCUT2D eigenvalue weighted by molar-refractivity contribution is 5.99. The van der Waals surface area contributed by atoms with Crippen molar-refractivity contribution in [2.24, 2.45) is 5.92 Å². The van der Waals surface area contributed by atoms with Crippen molar-refractivity contribution in [2.75, 3.05) is 44.6 Å². The lowest BCUT2D eigenvalue weighted by Gasteiger charge is -2.43. The summed E-state index contributed by atoms with van der Waals surface area (Å²) in [5.41, 5.74) is 1.65. The van der Waals surface area contributed by atoms with Gasteiger partial charge in [-0.25, -0.2) is 4.98 Å². The number of carbonyl (C=O) groups is 1. The first-order valence-electron chi connectivity index (χ1n) is 15.6. The molecular formula is C30H45N7O. The highest BCUT2D eigenvalue weighted by atomic mass is 16.2. The maximum absolute atomic E-state index is 12.7. The summed E-state index contributed by atoms with van der Waals surface area (Å²) in [6.07, 6.45) is 18.5. The summed E-state index contributed by atoms with van der Waals surface area (Å²) in [6, 6.07) is 3.14. The molecule has 8 heteroatoms. The van der Waals surface area contributed by atoms with Crippen LogP contribution in [0.4, 0.5) is 5.95 Å². The monoisotopic (exact) mass is 519 g/mol. The van der Waals surface area contributed by atoms with E-state index in [-0.39, 0.29) is 11.4 Å². The van der Waals surface area contributed by atoms with Gasteiger partial charge in [-0.2, -0.15) is 4.98 Å². The van der Waals surface area contributed by atoms with E-state index in [0.29, 0.717) is 12.6 Å². The van der Waals surface area contributed by atoms with E-state index in [4.69, 9.17) is 4.98 Å². The SMILES string of the molecule is O=C1NCC2(CCCCC2)n2c1cc1cnc(N[C@H]3CC[C@H](N4CCN(CC5CCCC5)CC4)CC3)nc12. The van der Waals surface area contributed by atoms with Gasteiger partial charge >= 0.3 is 0 Å². The van der Waals surface area contributed by atoms with E-state index in [1.165, 1.54) is 103 Å². The molecule has 7 rings (SSSR count). The van der Waals surface area contributed by atoms with Crippen LogP contribution in [0.2, 0.25) is 0 Å². The van der Waals surface area contributed by atoms with Gasteiger partial charge in [-0.15, -0.1) is 0 Å². The summed E-state index contributed by atoms with van der Waals surface area (Å²) in [7, 11) is 0. The lowest BCUT2D eigenvalue weighted by molar-refractivity contribution is 0.0699. The van der Waals surface area contributed by atoms with E-state index in [0.717, 1.165) is 47.5 Å². The van der Waals surface area contributed by atoms with Crippen LogP contribution in [0.15, 0.2) is 12.3 Å². The minimum atomic E-state index is -0.0337. The van der Waals surface area contributed by atoms with Gasteiger partial charge in [-0.1, -0.05) is 32.1 Å². The highest BCUT2D eigenvalue weighted by Gasteiger charge is 2.41. The Morgan fingerprint density at radius 2 is 1.71 bits per heavy atom. The Bertz CT molecular complexity index is 1130. The lowest BCUT2D eigenvalue weighted by Crippen LogP contribution is -2.52. The van der Waals surface area contributed by atoms with Crippen molar-refractivity contribution in [1.82, 2.24) is 29.7 Å². The van der Waals surface area contributed by atoms with Crippen molar-refractivity contribution in [2.45, 2.75) is 101 Å². The molecule has 0 bridgehead atoms. The van der Waals surface area contributed by atoms with Crippen LogP contribution in [0.25, 0.3) is 11.0 Å². The molecule has 8 nitrogen and oxygen atoms in total. The Morgan fingerprint density at radius 3 is 2.47 bits per heavy atom. The van der Waals surface area contributed by atoms with Crippen molar-refractivity contribution in [1.29, 1.82) is 0 Å². The average Bonchev–Trinajstić information content (AvgIpc) is 3.61. The zero-order valence-corrected chi connectivity index (χ0v) is 23.0. The zero-order valence-electron chi connectivity index (χ0n) is 23.0. The van der Waals surface area contributed by atoms with Gasteiger partial charge in [0.15, 0.2) is 0 Å². The number of amides is 1. The second kappa shape index (κ2) is 10.4. The fraction of sp³-hybridized carbons (Fsp3) is 0.767. The Morgan fingerprint density at radius 1 is 0.947 bits per heavy atom. The van der Waals surface area contributed by atoms with E-state index in [9.17, 15) is 4.79 Å². The topological polar surface area (TPSA) is 78.3 Å². The fourth-order valence-electron chi connectivity index (χ4n) is 8.37. The molecule has 5 aliphatic rings. The van der Waals surface area contributed by atoms with Gasteiger partial charge in [0.2, 0.25) is 5.95 Å². The molecule has 1 amide bonds. The van der Waals surface area contributed by atoms with Crippen LogP contribution >= 0.6 is 0 Å². The third-order valence-corrected chi connectivity index (χ3v) is 10.6. The number of rotatable bonds is 5. The van der Waals surface area contributed by atoms with Crippen LogP contribution in [0.3, 0.4) is 0 Å². The van der Waals surface area contributed by atoms with Crippen LogP contribution in [-0.4, -0.2) is 81.6 Å². The van der Waals surface area contributed by atoms with Gasteiger partial charge in [0.1, 0.15) is 11.3 Å². The van der Waals surface area contributed by atoms with Gasteiger partial charge < -0.3 is 20.1 Å². The quantitative estimate of drug-likeness (QED) is 0.611. The Hall–Kier alpha value is -2.19. The number of hydrogen-bond donors (Lipinski definition) is 2. The molecule has 2 aromatic heterocycles. The summed E-state index contributed by atoms with van der Waals surface area (Å²) in [6.45, 7) is 7.04. The van der Waals surface area contributed by atoms with Crippen molar-refractivity contribution in [3.63, 3.8) is 0 Å². The molecule has 1 saturated heterocycles. The average molecular weight is 520 g/mol. The number of carbonyl (C=O) groups excluding carboxylic acids is 1. The van der Waals surface area contributed by atoms with E-state index >= 15 is 0 Å². The molecule has 2 aromatic rings. The molecule has 4 fully saturated rings. The molecule has 2 N–H and O–H groups in total. The molecule has 38 heavy (non-hydrogen) atoms. The molecule has 0 atom stereocenters. The number of piperazine rings is 1. The van der Waals surface area contributed by atoms with E-state index in [1.54, 1.807) is 0 Å². The van der Waals surface area contributed by atoms with Crippen LogP contribution in [0.1, 0.15) is 94.0 Å². The second-order valence-electron chi connectivity index (χ2n) is 12.9. The molecule has 4 heterocycles. The molecule has 2 aliphatic heterocycles. The molecule has 3 aliphatic carbocycles. The summed E-state index contributed by atoms with van der Waals surface area (Å²) >= 11 is 0. The van der Waals surface area contributed by atoms with E-state index in [2.05, 4.69) is 30.0 Å². The number of nitrogens with zero attached hydrogens (tertiary/aromatic N) is 5. The standard InChI is InChI=1S/C30H45N7O/c38-28-26-18-23-19-31-29(34-27(23)37(26)30(21-32-28)12-4-1-5-13-30)33-24-8-10-25(11-9-24)36-16-14-35(15-17-36)20-22-6-2-3-7-22/h18-19,22,24-25H,1-17,20-21H2,(H,32,38)(H,31,33,34)/t24-,25-. The highest BCUT2D eigenvalue weighted by Crippen LogP contribution is 2.40. The molecule has 1 spiro atoms. The van der Waals surface area contributed by atoms with Crippen molar-refractivity contribution < 1.29 is 4.79 Å². The molecule has 3 saturated carbocycles. The van der Waals surface area contributed by atoms with Crippen LogP contribution in [0, 0.1) is 5.92 Å². The first kappa shape index (κ1) is 24.8. The first-order chi connectivity index (χ1) is 18.7. The zero-order chi connectivity index (χ0) is 25.5. The number of hydrogen-bond acceptors (Lipinski definition) is 6. The fourth-order valence-corrected chi connectivity index (χ4v) is 8.37. The third kappa shape index (κ3) is 4.72. The van der Waals surface area contributed by atoms with Crippen LogP contribution in [-0.2, 0) is 5.54 Å². The van der Waals surface area contributed by atoms with Gasteiger partial charge in [0.05, 0.1) is 5.54 Å². The largest absolute Gasteiger partial charge is 0.351 e. The molecule has 0 aromatic carbocycles. The smallest absolute Gasteiger partial charge is 0.268 e. The maximum atomic E-state index is 12.7. The molecule has 0 unspecified atom stereocenters. The van der Waals surface area contributed by atoms with E-state index < -0.39 is 0 Å². The Balaban J connectivity index is 0.977. The van der Waals surface area contributed by atoms with Crippen molar-refractivity contribution in [3.05, 3.63) is 18.0 Å². The maximum Gasteiger partial charge on any atom is 0.268 e. The van der Waals surface area contributed by atoms with Crippen LogP contribution < -0.4 is 10.6 Å². The third-order valence-electron chi connectivity index (χ3n) is 10.6. The Kier molecular flexibility index (Phi) is 6.80. The van der Waals surface area contributed by atoms with Gasteiger partial charge in [0.25, 0.3) is 5.91 Å². The number of nitrogens with one attached hydrogen (secondary N) is 2. The molecular weight excluding hydrogens is 474 g/mol. The van der Waals surface area contributed by atoms with E-state index in [1.807, 2.05) is 12.3 Å². The minimum absolute atomic E-state index is 0.0198. The number of anilines is 1. The number of aromatic nitrogens is 3. The number of fused-ring (bicyclic) bond motifs is 4. The second-order valence-corrected chi connectivity index (χ2v) is 12.9. The van der Waals surface area contributed by atoms with Crippen molar-refractivity contribution >= 4 is 22.9 Å². The van der Waals surface area contributed by atoms with Gasteiger partial charge in [-0.3, -0.25) is 9.69 Å². The van der Waals surface area contributed by atoms with Gasteiger partial charge in [0, 0.05) is 62.9 Å². The summed E-state index contributed by atoms with van der Waals surface area (Å²) < 4.78 is 2.27. The van der Waals surface area contributed by atoms with Crippen LogP contribution in [0.5, 0.6) is 0 Å².